The van der Waals surface area contributed by atoms with E-state index in [1.165, 1.54) is 0 Å². The number of likely N-dealkylation sites (tertiary alicyclic amines) is 1. The van der Waals surface area contributed by atoms with Crippen molar-refractivity contribution < 1.29 is 9.21 Å². The van der Waals surface area contributed by atoms with Crippen molar-refractivity contribution in [3.8, 4) is 0 Å². The number of aromatic nitrogens is 1. The van der Waals surface area contributed by atoms with E-state index in [1.807, 2.05) is 29.2 Å². The molecule has 6 heteroatoms. The molecule has 26 heavy (non-hydrogen) atoms. The average molecular weight is 354 g/mol. The zero-order chi connectivity index (χ0) is 18.0. The van der Waals surface area contributed by atoms with Crippen LogP contribution < -0.4 is 0 Å². The SMILES string of the molecule is CN1CCN(Cc2ccncc2)C(=O)C12CCN(Cc1ccco1)CC2. The van der Waals surface area contributed by atoms with Crippen LogP contribution in [0.2, 0.25) is 0 Å². The van der Waals surface area contributed by atoms with Crippen molar-refractivity contribution in [1.82, 2.24) is 19.7 Å². The summed E-state index contributed by atoms with van der Waals surface area (Å²) in [6.45, 7) is 5.04. The third-order valence-corrected chi connectivity index (χ3v) is 5.89. The number of carbonyl (C=O) groups excluding carboxylic acids is 1. The molecule has 4 rings (SSSR count). The number of rotatable bonds is 4. The van der Waals surface area contributed by atoms with Crippen molar-refractivity contribution in [2.75, 3.05) is 33.2 Å². The van der Waals surface area contributed by atoms with Gasteiger partial charge in [-0.3, -0.25) is 19.6 Å². The summed E-state index contributed by atoms with van der Waals surface area (Å²) < 4.78 is 5.47. The summed E-state index contributed by atoms with van der Waals surface area (Å²) in [6.07, 6.45) is 7.04. The van der Waals surface area contributed by atoms with Gasteiger partial charge in [-0.25, -0.2) is 0 Å². The smallest absolute Gasteiger partial charge is 0.243 e. The van der Waals surface area contributed by atoms with Gasteiger partial charge in [0.05, 0.1) is 12.8 Å². The number of hydrogen-bond acceptors (Lipinski definition) is 5. The van der Waals surface area contributed by atoms with Gasteiger partial charge in [0.15, 0.2) is 0 Å². The summed E-state index contributed by atoms with van der Waals surface area (Å²) in [5.41, 5.74) is 0.786. The van der Waals surface area contributed by atoms with E-state index in [9.17, 15) is 4.79 Å². The van der Waals surface area contributed by atoms with Gasteiger partial charge in [-0.15, -0.1) is 0 Å². The Morgan fingerprint density at radius 3 is 2.54 bits per heavy atom. The maximum atomic E-state index is 13.4. The first-order valence-electron chi connectivity index (χ1n) is 9.32. The van der Waals surface area contributed by atoms with Gasteiger partial charge in [0.1, 0.15) is 11.3 Å². The summed E-state index contributed by atoms with van der Waals surface area (Å²) in [7, 11) is 2.10. The minimum atomic E-state index is -0.356. The minimum Gasteiger partial charge on any atom is -0.468 e. The fourth-order valence-corrected chi connectivity index (χ4v) is 4.20. The van der Waals surface area contributed by atoms with Gasteiger partial charge in [0.25, 0.3) is 0 Å². The topological polar surface area (TPSA) is 52.8 Å². The second-order valence-corrected chi connectivity index (χ2v) is 7.39. The van der Waals surface area contributed by atoms with Crippen molar-refractivity contribution in [3.05, 3.63) is 54.2 Å². The Bertz CT molecular complexity index is 724. The molecule has 0 N–H and O–H groups in total. The maximum Gasteiger partial charge on any atom is 0.243 e. The second kappa shape index (κ2) is 7.21. The highest BCUT2D eigenvalue weighted by atomic mass is 16.3. The highest BCUT2D eigenvalue weighted by molar-refractivity contribution is 5.87. The Kier molecular flexibility index (Phi) is 4.78. The number of piperidine rings is 1. The minimum absolute atomic E-state index is 0.278. The molecule has 0 bridgehead atoms. The molecule has 2 aliphatic rings. The van der Waals surface area contributed by atoms with Crippen LogP contribution in [0.4, 0.5) is 0 Å². The van der Waals surface area contributed by atoms with Crippen LogP contribution in [0.3, 0.4) is 0 Å². The van der Waals surface area contributed by atoms with Crippen LogP contribution >= 0.6 is 0 Å². The van der Waals surface area contributed by atoms with Crippen LogP contribution in [-0.4, -0.2) is 64.4 Å². The zero-order valence-electron chi connectivity index (χ0n) is 15.3. The van der Waals surface area contributed by atoms with Crippen LogP contribution in [0.15, 0.2) is 47.3 Å². The fraction of sp³-hybridized carbons (Fsp3) is 0.500. The van der Waals surface area contributed by atoms with Crippen molar-refractivity contribution in [3.63, 3.8) is 0 Å². The van der Waals surface area contributed by atoms with Crippen molar-refractivity contribution >= 4 is 5.91 Å². The molecule has 4 heterocycles. The molecule has 0 unspecified atom stereocenters. The van der Waals surface area contributed by atoms with E-state index < -0.39 is 0 Å². The monoisotopic (exact) mass is 354 g/mol. The molecule has 1 spiro atoms. The number of amides is 1. The van der Waals surface area contributed by atoms with Crippen LogP contribution in [0.5, 0.6) is 0 Å². The number of pyridine rings is 1. The molecule has 2 aromatic heterocycles. The molecule has 0 aliphatic carbocycles. The molecule has 2 saturated heterocycles. The van der Waals surface area contributed by atoms with E-state index in [1.54, 1.807) is 18.7 Å². The molecular weight excluding hydrogens is 328 g/mol. The molecule has 0 atom stereocenters. The Labute approximate surface area is 154 Å². The summed E-state index contributed by atoms with van der Waals surface area (Å²) in [5.74, 6) is 1.27. The first-order valence-corrected chi connectivity index (χ1v) is 9.32. The van der Waals surface area contributed by atoms with Gasteiger partial charge < -0.3 is 9.32 Å². The van der Waals surface area contributed by atoms with Gasteiger partial charge in [-0.1, -0.05) is 0 Å². The molecule has 6 nitrogen and oxygen atoms in total. The van der Waals surface area contributed by atoms with Crippen LogP contribution in [-0.2, 0) is 17.9 Å². The summed E-state index contributed by atoms with van der Waals surface area (Å²) >= 11 is 0. The lowest BCUT2D eigenvalue weighted by Crippen LogP contribution is -2.67. The highest BCUT2D eigenvalue weighted by Gasteiger charge is 2.49. The van der Waals surface area contributed by atoms with E-state index >= 15 is 0 Å². The Morgan fingerprint density at radius 1 is 1.08 bits per heavy atom. The lowest BCUT2D eigenvalue weighted by molar-refractivity contribution is -0.155. The molecule has 2 fully saturated rings. The number of hydrogen-bond donors (Lipinski definition) is 0. The normalized spacial score (nSPS) is 21.4. The molecule has 0 saturated carbocycles. The van der Waals surface area contributed by atoms with Crippen LogP contribution in [0.25, 0.3) is 0 Å². The lowest BCUT2D eigenvalue weighted by Gasteiger charge is -2.51. The van der Waals surface area contributed by atoms with Gasteiger partial charge in [-0.05, 0) is 49.7 Å². The predicted molar refractivity (Wildman–Crippen MR) is 98.2 cm³/mol. The van der Waals surface area contributed by atoms with Crippen molar-refractivity contribution in [2.24, 2.45) is 0 Å². The van der Waals surface area contributed by atoms with Crippen LogP contribution in [0, 0.1) is 0 Å². The van der Waals surface area contributed by atoms with Gasteiger partial charge in [0, 0.05) is 45.1 Å². The van der Waals surface area contributed by atoms with Crippen molar-refractivity contribution in [1.29, 1.82) is 0 Å². The average Bonchev–Trinajstić information content (AvgIpc) is 3.18. The number of carbonyl (C=O) groups is 1. The molecule has 1 amide bonds. The number of likely N-dealkylation sites (N-methyl/N-ethyl adjacent to an activating group) is 1. The van der Waals surface area contributed by atoms with Gasteiger partial charge in [0.2, 0.25) is 5.91 Å². The molecular formula is C20H26N4O2. The Morgan fingerprint density at radius 2 is 1.85 bits per heavy atom. The van der Waals surface area contributed by atoms with E-state index in [2.05, 4.69) is 21.8 Å². The molecule has 0 aromatic carbocycles. The summed E-state index contributed by atoms with van der Waals surface area (Å²) in [5, 5.41) is 0. The Balaban J connectivity index is 1.43. The largest absolute Gasteiger partial charge is 0.468 e. The first kappa shape index (κ1) is 17.2. The van der Waals surface area contributed by atoms with E-state index in [0.29, 0.717) is 6.54 Å². The number of nitrogens with zero attached hydrogens (tertiary/aromatic N) is 4. The molecule has 2 aromatic rings. The number of piperazine rings is 1. The fourth-order valence-electron chi connectivity index (χ4n) is 4.20. The first-order chi connectivity index (χ1) is 12.7. The maximum absolute atomic E-state index is 13.4. The third kappa shape index (κ3) is 3.27. The summed E-state index contributed by atoms with van der Waals surface area (Å²) in [6, 6.07) is 7.92. The second-order valence-electron chi connectivity index (χ2n) is 7.39. The number of furan rings is 1. The zero-order valence-corrected chi connectivity index (χ0v) is 15.3. The van der Waals surface area contributed by atoms with Crippen molar-refractivity contribution in [2.45, 2.75) is 31.5 Å². The molecule has 138 valence electrons. The standard InChI is InChI=1S/C20H26N4O2/c1-22-12-13-24(15-17-4-8-21-9-5-17)19(25)20(22)6-10-23(11-7-20)16-18-3-2-14-26-18/h2-5,8-9,14H,6-7,10-13,15-16H2,1H3. The van der Waals surface area contributed by atoms with E-state index in [4.69, 9.17) is 4.42 Å². The molecule has 2 aliphatic heterocycles. The summed E-state index contributed by atoms with van der Waals surface area (Å²) in [4.78, 5) is 24.1. The predicted octanol–water partition coefficient (Wildman–Crippen LogP) is 1.98. The van der Waals surface area contributed by atoms with E-state index in [-0.39, 0.29) is 11.4 Å². The Hall–Kier alpha value is -2.18. The highest BCUT2D eigenvalue weighted by Crippen LogP contribution is 2.33. The molecule has 0 radical (unpaired) electrons. The lowest BCUT2D eigenvalue weighted by atomic mass is 9.82. The van der Waals surface area contributed by atoms with Gasteiger partial charge in [-0.2, -0.15) is 0 Å². The van der Waals surface area contributed by atoms with Crippen LogP contribution in [0.1, 0.15) is 24.2 Å². The van der Waals surface area contributed by atoms with Gasteiger partial charge >= 0.3 is 0 Å². The van der Waals surface area contributed by atoms with E-state index in [0.717, 1.165) is 56.9 Å². The third-order valence-electron chi connectivity index (χ3n) is 5.89. The quantitative estimate of drug-likeness (QED) is 0.840.